The highest BCUT2D eigenvalue weighted by molar-refractivity contribution is 6.42. The smallest absolute Gasteiger partial charge is 0.292 e. The number of nitrogens with zero attached hydrogens (tertiary/aromatic N) is 2. The van der Waals surface area contributed by atoms with E-state index in [2.05, 4.69) is 10.4 Å². The van der Waals surface area contributed by atoms with Crippen LogP contribution in [0.25, 0.3) is 5.69 Å². The van der Waals surface area contributed by atoms with Crippen molar-refractivity contribution in [3.05, 3.63) is 83.2 Å². The molecule has 28 heavy (non-hydrogen) atoms. The number of halogens is 2. The van der Waals surface area contributed by atoms with Crippen molar-refractivity contribution in [2.75, 3.05) is 0 Å². The predicted molar refractivity (Wildman–Crippen MR) is 98.1 cm³/mol. The molecule has 5 nitrogen and oxygen atoms in total. The van der Waals surface area contributed by atoms with E-state index >= 15 is 0 Å². The highest BCUT2D eigenvalue weighted by atomic mass is 19.1. The van der Waals surface area contributed by atoms with E-state index in [0.717, 1.165) is 23.7 Å². The lowest BCUT2D eigenvalue weighted by Crippen LogP contribution is -2.35. The quantitative estimate of drug-likeness (QED) is 0.556. The van der Waals surface area contributed by atoms with Crippen LogP contribution in [-0.4, -0.2) is 21.5 Å². The van der Waals surface area contributed by atoms with E-state index in [0.29, 0.717) is 18.4 Å². The third kappa shape index (κ3) is 3.43. The van der Waals surface area contributed by atoms with Gasteiger partial charge in [-0.3, -0.25) is 9.59 Å². The fraction of sp³-hybridized carbons (Fsp3) is 0.190. The molecular formula is C21H17F2N3O2. The van der Waals surface area contributed by atoms with Crippen molar-refractivity contribution in [2.24, 2.45) is 0 Å². The zero-order valence-corrected chi connectivity index (χ0v) is 14.9. The van der Waals surface area contributed by atoms with Crippen LogP contribution in [0.4, 0.5) is 8.78 Å². The van der Waals surface area contributed by atoms with Crippen molar-refractivity contribution in [2.45, 2.75) is 25.3 Å². The fourth-order valence-corrected chi connectivity index (χ4v) is 3.54. The second-order valence-corrected chi connectivity index (χ2v) is 6.70. The number of fused-ring (bicyclic) bond motifs is 1. The van der Waals surface area contributed by atoms with Crippen LogP contribution in [0.15, 0.2) is 54.7 Å². The average molecular weight is 381 g/mol. The normalized spacial score (nSPS) is 15.7. The molecule has 1 N–H and O–H groups in total. The average Bonchev–Trinajstić information content (AvgIpc) is 3.12. The molecule has 0 spiro atoms. The van der Waals surface area contributed by atoms with Crippen LogP contribution in [0.3, 0.4) is 0 Å². The molecule has 1 amide bonds. The lowest BCUT2D eigenvalue weighted by molar-refractivity contribution is -0.117. The Balaban J connectivity index is 1.59. The number of carbonyl (C=O) groups is 2. The number of rotatable bonds is 4. The minimum absolute atomic E-state index is 0.283. The molecule has 0 fully saturated rings. The Morgan fingerprint density at radius 1 is 1.07 bits per heavy atom. The van der Waals surface area contributed by atoms with Crippen LogP contribution >= 0.6 is 0 Å². The molecule has 0 saturated heterocycles. The summed E-state index contributed by atoms with van der Waals surface area (Å²) in [7, 11) is 0. The fourth-order valence-electron chi connectivity index (χ4n) is 3.54. The van der Waals surface area contributed by atoms with Crippen molar-refractivity contribution in [3.63, 3.8) is 0 Å². The lowest BCUT2D eigenvalue weighted by atomic mass is 9.92. The number of aromatic nitrogens is 2. The number of hydrogen-bond acceptors (Lipinski definition) is 3. The molecule has 0 aliphatic heterocycles. The van der Waals surface area contributed by atoms with Gasteiger partial charge in [0, 0.05) is 22.9 Å². The molecule has 1 aromatic heterocycles. The number of nitrogens with one attached hydrogen (secondary N) is 1. The van der Waals surface area contributed by atoms with E-state index < -0.39 is 23.3 Å². The molecule has 142 valence electrons. The van der Waals surface area contributed by atoms with Gasteiger partial charge in [-0.1, -0.05) is 30.3 Å². The summed E-state index contributed by atoms with van der Waals surface area (Å²) >= 11 is 0. The van der Waals surface area contributed by atoms with Crippen LogP contribution in [0.1, 0.15) is 40.5 Å². The van der Waals surface area contributed by atoms with Crippen LogP contribution in [0.2, 0.25) is 0 Å². The van der Waals surface area contributed by atoms with E-state index in [9.17, 15) is 18.4 Å². The second-order valence-electron chi connectivity index (χ2n) is 6.70. The Morgan fingerprint density at radius 3 is 2.50 bits per heavy atom. The first-order chi connectivity index (χ1) is 13.5. The second kappa shape index (κ2) is 7.34. The maximum absolute atomic E-state index is 13.6. The van der Waals surface area contributed by atoms with Gasteiger partial charge in [0.25, 0.3) is 5.91 Å². The maximum Gasteiger partial charge on any atom is 0.292 e. The summed E-state index contributed by atoms with van der Waals surface area (Å²) < 4.78 is 28.6. The molecule has 1 aliphatic rings. The van der Waals surface area contributed by atoms with Crippen molar-refractivity contribution >= 4 is 11.7 Å². The number of Topliss-reactive ketones (excluding diaryl/α,β-unsaturated/α-hetero) is 1. The van der Waals surface area contributed by atoms with Gasteiger partial charge in [-0.15, -0.1) is 0 Å². The van der Waals surface area contributed by atoms with E-state index in [1.807, 2.05) is 0 Å². The van der Waals surface area contributed by atoms with Gasteiger partial charge in [0.05, 0.1) is 17.9 Å². The highest BCUT2D eigenvalue weighted by Gasteiger charge is 2.28. The summed E-state index contributed by atoms with van der Waals surface area (Å²) in [6.07, 6.45) is 3.65. The monoisotopic (exact) mass is 381 g/mol. The largest absolute Gasteiger partial charge is 0.342 e. The van der Waals surface area contributed by atoms with Crippen LogP contribution in [-0.2, 0) is 11.2 Å². The van der Waals surface area contributed by atoms with E-state index in [-0.39, 0.29) is 11.7 Å². The molecule has 1 aliphatic carbocycles. The van der Waals surface area contributed by atoms with Gasteiger partial charge in [-0.05, 0) is 31.4 Å². The Labute approximate surface area is 160 Å². The van der Waals surface area contributed by atoms with Gasteiger partial charge >= 0.3 is 0 Å². The molecule has 0 radical (unpaired) electrons. The third-order valence-electron chi connectivity index (χ3n) is 4.82. The first-order valence-corrected chi connectivity index (χ1v) is 8.96. The zero-order valence-electron chi connectivity index (χ0n) is 14.9. The van der Waals surface area contributed by atoms with Gasteiger partial charge in [-0.2, -0.15) is 5.10 Å². The lowest BCUT2D eigenvalue weighted by Gasteiger charge is -2.24. The summed E-state index contributed by atoms with van der Waals surface area (Å²) in [6.45, 7) is 0. The molecule has 4 rings (SSSR count). The number of hydrogen-bond donors (Lipinski definition) is 1. The Hall–Kier alpha value is -3.35. The van der Waals surface area contributed by atoms with E-state index in [1.165, 1.54) is 16.8 Å². The number of carbonyl (C=O) groups excluding carboxylic acids is 2. The summed E-state index contributed by atoms with van der Waals surface area (Å²) in [5.74, 6) is -2.66. The molecule has 1 heterocycles. The number of benzene rings is 2. The van der Waals surface area contributed by atoms with Crippen molar-refractivity contribution in [1.29, 1.82) is 0 Å². The predicted octanol–water partition coefficient (Wildman–Crippen LogP) is 3.53. The third-order valence-corrected chi connectivity index (χ3v) is 4.82. The summed E-state index contributed by atoms with van der Waals surface area (Å²) in [4.78, 5) is 24.7. The van der Waals surface area contributed by atoms with Gasteiger partial charge in [0.2, 0.25) is 5.78 Å². The number of ketones is 1. The Bertz CT molecular complexity index is 1030. The molecule has 1 atom stereocenters. The summed E-state index contributed by atoms with van der Waals surface area (Å²) in [6, 6.07) is 11.2. The molecule has 7 heteroatoms. The Kier molecular flexibility index (Phi) is 4.73. The SMILES string of the molecule is O=C(NC1CCCc2c1cnn2-c1cc(F)cc(F)c1)C(=O)c1ccccc1. The van der Waals surface area contributed by atoms with Gasteiger partial charge < -0.3 is 5.32 Å². The molecular weight excluding hydrogens is 364 g/mol. The number of amides is 1. The molecule has 2 aromatic carbocycles. The Morgan fingerprint density at radius 2 is 1.79 bits per heavy atom. The van der Waals surface area contributed by atoms with Gasteiger partial charge in [0.1, 0.15) is 11.6 Å². The summed E-state index contributed by atoms with van der Waals surface area (Å²) in [5, 5.41) is 7.03. The zero-order chi connectivity index (χ0) is 19.7. The maximum atomic E-state index is 13.6. The van der Waals surface area contributed by atoms with E-state index in [1.54, 1.807) is 36.5 Å². The van der Waals surface area contributed by atoms with Gasteiger partial charge in [0.15, 0.2) is 0 Å². The minimum atomic E-state index is -0.687. The molecule has 1 unspecified atom stereocenters. The van der Waals surface area contributed by atoms with Gasteiger partial charge in [-0.25, -0.2) is 13.5 Å². The van der Waals surface area contributed by atoms with Crippen LogP contribution < -0.4 is 5.32 Å². The summed E-state index contributed by atoms with van der Waals surface area (Å²) in [5.41, 5.74) is 2.13. The topological polar surface area (TPSA) is 64.0 Å². The standard InChI is InChI=1S/C21H17F2N3O2/c22-14-9-15(23)11-16(10-14)26-19-8-4-7-18(17(19)12-24-26)25-21(28)20(27)13-5-2-1-3-6-13/h1-3,5-6,9-12,18H,4,7-8H2,(H,25,28). The first kappa shape index (κ1) is 18.0. The van der Waals surface area contributed by atoms with E-state index in [4.69, 9.17) is 0 Å². The molecule has 3 aromatic rings. The highest BCUT2D eigenvalue weighted by Crippen LogP contribution is 2.31. The molecule has 0 saturated carbocycles. The minimum Gasteiger partial charge on any atom is -0.342 e. The molecule has 0 bridgehead atoms. The first-order valence-electron chi connectivity index (χ1n) is 8.96. The van der Waals surface area contributed by atoms with Crippen molar-refractivity contribution in [3.8, 4) is 5.69 Å². The van der Waals surface area contributed by atoms with Crippen molar-refractivity contribution in [1.82, 2.24) is 15.1 Å². The van der Waals surface area contributed by atoms with Crippen LogP contribution in [0, 0.1) is 11.6 Å². The van der Waals surface area contributed by atoms with Crippen molar-refractivity contribution < 1.29 is 18.4 Å². The van der Waals surface area contributed by atoms with Crippen LogP contribution in [0.5, 0.6) is 0 Å².